The Morgan fingerprint density at radius 1 is 1.07 bits per heavy atom. The van der Waals surface area contributed by atoms with E-state index in [9.17, 15) is 13.2 Å². The molecule has 0 fully saturated rings. The van der Waals surface area contributed by atoms with Crippen molar-refractivity contribution in [3.8, 4) is 11.5 Å². The number of benzene rings is 2. The minimum Gasteiger partial charge on any atom is -0.497 e. The van der Waals surface area contributed by atoms with Gasteiger partial charge in [0.15, 0.2) is 9.84 Å². The quantitative estimate of drug-likeness (QED) is 0.558. The molecule has 1 unspecified atom stereocenters. The molecule has 30 heavy (non-hydrogen) atoms. The van der Waals surface area contributed by atoms with Crippen molar-refractivity contribution in [2.75, 3.05) is 20.3 Å². The van der Waals surface area contributed by atoms with Crippen molar-refractivity contribution in [1.29, 1.82) is 0 Å². The Morgan fingerprint density at radius 3 is 2.43 bits per heavy atom. The molecule has 0 bridgehead atoms. The number of ether oxygens (including phenoxy) is 2. The van der Waals surface area contributed by atoms with Crippen molar-refractivity contribution >= 4 is 15.7 Å². The van der Waals surface area contributed by atoms with Gasteiger partial charge in [0.2, 0.25) is 0 Å². The molecule has 0 saturated carbocycles. The first-order chi connectivity index (χ1) is 14.5. The molecule has 1 N–H and O–H groups in total. The SMILES string of the molecule is CCOc1ccccc1C(=O)NCC(c1ccco1)S(=O)(=O)c1ccc(OC)cc1. The third kappa shape index (κ3) is 4.65. The van der Waals surface area contributed by atoms with Gasteiger partial charge >= 0.3 is 0 Å². The molecule has 8 heteroatoms. The van der Waals surface area contributed by atoms with E-state index in [0.29, 0.717) is 23.7 Å². The number of rotatable bonds is 9. The monoisotopic (exact) mass is 429 g/mol. The van der Waals surface area contributed by atoms with E-state index in [1.54, 1.807) is 48.5 Å². The average Bonchev–Trinajstić information content (AvgIpc) is 3.28. The Bertz CT molecular complexity index is 1080. The maximum absolute atomic E-state index is 13.3. The van der Waals surface area contributed by atoms with Crippen molar-refractivity contribution in [3.63, 3.8) is 0 Å². The van der Waals surface area contributed by atoms with Gasteiger partial charge < -0.3 is 19.2 Å². The van der Waals surface area contributed by atoms with Crippen molar-refractivity contribution < 1.29 is 27.1 Å². The van der Waals surface area contributed by atoms with Gasteiger partial charge in [-0.2, -0.15) is 0 Å². The number of carbonyl (C=O) groups is 1. The Morgan fingerprint density at radius 2 is 1.80 bits per heavy atom. The molecule has 1 amide bonds. The summed E-state index contributed by atoms with van der Waals surface area (Å²) >= 11 is 0. The molecular formula is C22H23NO6S. The highest BCUT2D eigenvalue weighted by atomic mass is 32.2. The minimum atomic E-state index is -3.84. The first-order valence-corrected chi connectivity index (χ1v) is 10.9. The van der Waals surface area contributed by atoms with E-state index in [-0.39, 0.29) is 17.2 Å². The predicted octanol–water partition coefficient (Wildman–Crippen LogP) is 3.63. The summed E-state index contributed by atoms with van der Waals surface area (Å²) < 4.78 is 42.5. The summed E-state index contributed by atoms with van der Waals surface area (Å²) in [6.07, 6.45) is 1.40. The summed E-state index contributed by atoms with van der Waals surface area (Å²) in [5, 5.41) is 1.61. The highest BCUT2D eigenvalue weighted by molar-refractivity contribution is 7.91. The molecule has 0 aliphatic heterocycles. The Hall–Kier alpha value is -3.26. The zero-order valence-corrected chi connectivity index (χ0v) is 17.5. The lowest BCUT2D eigenvalue weighted by Crippen LogP contribution is -2.32. The molecule has 1 aromatic heterocycles. The van der Waals surface area contributed by atoms with Gasteiger partial charge in [-0.3, -0.25) is 4.79 Å². The zero-order valence-electron chi connectivity index (χ0n) is 16.7. The lowest BCUT2D eigenvalue weighted by atomic mass is 10.2. The smallest absolute Gasteiger partial charge is 0.255 e. The Kier molecular flexibility index (Phi) is 6.79. The topological polar surface area (TPSA) is 94.8 Å². The standard InChI is InChI=1S/C22H23NO6S/c1-3-28-19-8-5-4-7-18(19)22(24)23-15-21(20-9-6-14-29-20)30(25,26)17-12-10-16(27-2)11-13-17/h4-14,21H,3,15H2,1-2H3,(H,23,24). The largest absolute Gasteiger partial charge is 0.497 e. The van der Waals surface area contributed by atoms with Crippen molar-refractivity contribution in [2.45, 2.75) is 17.1 Å². The lowest BCUT2D eigenvalue weighted by molar-refractivity contribution is 0.0949. The maximum Gasteiger partial charge on any atom is 0.255 e. The summed E-state index contributed by atoms with van der Waals surface area (Å²) in [5.41, 5.74) is 0.333. The third-order valence-corrected chi connectivity index (χ3v) is 6.58. The van der Waals surface area contributed by atoms with E-state index in [2.05, 4.69) is 5.32 Å². The van der Waals surface area contributed by atoms with Crippen LogP contribution in [0.4, 0.5) is 0 Å². The molecule has 158 valence electrons. The molecule has 1 heterocycles. The van der Waals surface area contributed by atoms with Crippen LogP contribution in [0.25, 0.3) is 0 Å². The lowest BCUT2D eigenvalue weighted by Gasteiger charge is -2.17. The fourth-order valence-corrected chi connectivity index (χ4v) is 4.57. The second-order valence-electron chi connectivity index (χ2n) is 6.36. The van der Waals surface area contributed by atoms with Crippen LogP contribution in [0, 0.1) is 0 Å². The normalized spacial score (nSPS) is 12.2. The number of carbonyl (C=O) groups excluding carboxylic acids is 1. The number of furan rings is 1. The number of methoxy groups -OCH3 is 1. The second kappa shape index (κ2) is 9.49. The van der Waals surface area contributed by atoms with Crippen LogP contribution in [0.5, 0.6) is 11.5 Å². The molecular weight excluding hydrogens is 406 g/mol. The number of amides is 1. The van der Waals surface area contributed by atoms with Crippen LogP contribution in [0.2, 0.25) is 0 Å². The van der Waals surface area contributed by atoms with E-state index in [1.807, 2.05) is 6.92 Å². The summed E-state index contributed by atoms with van der Waals surface area (Å²) in [6.45, 7) is 2.06. The third-order valence-electron chi connectivity index (χ3n) is 4.50. The number of sulfone groups is 1. The molecule has 0 radical (unpaired) electrons. The minimum absolute atomic E-state index is 0.105. The average molecular weight is 429 g/mol. The fraction of sp³-hybridized carbons (Fsp3) is 0.227. The van der Waals surface area contributed by atoms with Crippen LogP contribution in [0.15, 0.2) is 76.2 Å². The second-order valence-corrected chi connectivity index (χ2v) is 8.49. The number of hydrogen-bond donors (Lipinski definition) is 1. The van der Waals surface area contributed by atoms with Crippen LogP contribution >= 0.6 is 0 Å². The molecule has 2 aromatic carbocycles. The van der Waals surface area contributed by atoms with E-state index in [4.69, 9.17) is 13.9 Å². The van der Waals surface area contributed by atoms with E-state index in [1.165, 1.54) is 25.5 Å². The highest BCUT2D eigenvalue weighted by Gasteiger charge is 2.32. The number of para-hydroxylation sites is 1. The van der Waals surface area contributed by atoms with Gasteiger partial charge in [-0.05, 0) is 55.5 Å². The predicted molar refractivity (Wildman–Crippen MR) is 112 cm³/mol. The van der Waals surface area contributed by atoms with Gasteiger partial charge in [0.05, 0.1) is 30.4 Å². The Labute approximate surface area is 175 Å². The molecule has 0 saturated heterocycles. The molecule has 0 spiro atoms. The molecule has 0 aliphatic carbocycles. The molecule has 3 rings (SSSR count). The van der Waals surface area contributed by atoms with Crippen molar-refractivity contribution in [3.05, 3.63) is 78.3 Å². The van der Waals surface area contributed by atoms with Crippen LogP contribution < -0.4 is 14.8 Å². The van der Waals surface area contributed by atoms with Gasteiger partial charge in [-0.1, -0.05) is 12.1 Å². The molecule has 3 aromatic rings. The summed E-state index contributed by atoms with van der Waals surface area (Å²) in [6, 6.07) is 16.1. The van der Waals surface area contributed by atoms with Gasteiger partial charge in [0, 0.05) is 6.54 Å². The number of hydrogen-bond acceptors (Lipinski definition) is 6. The highest BCUT2D eigenvalue weighted by Crippen LogP contribution is 2.30. The van der Waals surface area contributed by atoms with Crippen molar-refractivity contribution in [2.24, 2.45) is 0 Å². The van der Waals surface area contributed by atoms with E-state index < -0.39 is 21.0 Å². The van der Waals surface area contributed by atoms with Gasteiger partial charge in [-0.25, -0.2) is 8.42 Å². The Balaban J connectivity index is 1.86. The maximum atomic E-state index is 13.3. The van der Waals surface area contributed by atoms with Crippen LogP contribution in [0.1, 0.15) is 28.3 Å². The van der Waals surface area contributed by atoms with Crippen LogP contribution in [-0.2, 0) is 9.84 Å². The van der Waals surface area contributed by atoms with E-state index >= 15 is 0 Å². The number of nitrogens with one attached hydrogen (secondary N) is 1. The van der Waals surface area contributed by atoms with Gasteiger partial charge in [0.25, 0.3) is 5.91 Å². The van der Waals surface area contributed by atoms with Gasteiger partial charge in [0.1, 0.15) is 22.5 Å². The molecule has 7 nitrogen and oxygen atoms in total. The zero-order chi connectivity index (χ0) is 21.6. The fourth-order valence-electron chi connectivity index (χ4n) is 2.98. The van der Waals surface area contributed by atoms with Gasteiger partial charge in [-0.15, -0.1) is 0 Å². The van der Waals surface area contributed by atoms with E-state index in [0.717, 1.165) is 0 Å². The first kappa shape index (κ1) is 21.4. The van der Waals surface area contributed by atoms with Crippen LogP contribution in [0.3, 0.4) is 0 Å². The van der Waals surface area contributed by atoms with Crippen molar-refractivity contribution in [1.82, 2.24) is 5.32 Å². The van der Waals surface area contributed by atoms with Crippen LogP contribution in [-0.4, -0.2) is 34.6 Å². The molecule has 1 atom stereocenters. The summed E-state index contributed by atoms with van der Waals surface area (Å²) in [4.78, 5) is 12.8. The summed E-state index contributed by atoms with van der Waals surface area (Å²) in [5.74, 6) is 0.791. The first-order valence-electron chi connectivity index (χ1n) is 9.38. The summed E-state index contributed by atoms with van der Waals surface area (Å²) in [7, 11) is -2.34. The molecule has 0 aliphatic rings.